The third kappa shape index (κ3) is 3.37. The molecule has 0 spiro atoms. The second-order valence-electron chi connectivity index (χ2n) is 8.07. The van der Waals surface area contributed by atoms with Crippen molar-refractivity contribution < 1.29 is 0 Å². The van der Waals surface area contributed by atoms with Crippen LogP contribution in [0, 0.1) is 20.8 Å². The average molecular weight is 359 g/mol. The van der Waals surface area contributed by atoms with Crippen molar-refractivity contribution in [2.75, 3.05) is 0 Å². The van der Waals surface area contributed by atoms with E-state index in [1.54, 1.807) is 11.1 Å². The molecule has 26 heavy (non-hydrogen) atoms. The highest BCUT2D eigenvalue weighted by molar-refractivity contribution is 6.59. The Morgan fingerprint density at radius 1 is 0.692 bits per heavy atom. The minimum absolute atomic E-state index is 0.127. The van der Waals surface area contributed by atoms with Gasteiger partial charge >= 0.3 is 0 Å². The van der Waals surface area contributed by atoms with E-state index >= 15 is 0 Å². The first-order valence-electron chi connectivity index (χ1n) is 9.51. The monoisotopic (exact) mass is 358 g/mol. The first-order valence-corrected chi connectivity index (χ1v) is 10.5. The summed E-state index contributed by atoms with van der Waals surface area (Å²) in [7, 11) is 0.760. The van der Waals surface area contributed by atoms with Gasteiger partial charge in [-0.15, -0.1) is 0 Å². The predicted molar refractivity (Wildman–Crippen MR) is 116 cm³/mol. The van der Waals surface area contributed by atoms with E-state index in [-0.39, 0.29) is 5.04 Å². The molecule has 2 radical (unpaired) electrons. The number of allylic oxidation sites excluding steroid dienone is 4. The molecule has 2 aromatic carbocycles. The summed E-state index contributed by atoms with van der Waals surface area (Å²) in [6.45, 7) is 16.0. The Hall–Kier alpha value is -1.86. The van der Waals surface area contributed by atoms with Crippen molar-refractivity contribution >= 4 is 14.7 Å². The summed E-state index contributed by atoms with van der Waals surface area (Å²) in [5.41, 5.74) is 11.6. The van der Waals surface area contributed by atoms with Crippen LogP contribution in [0.15, 0.2) is 64.8 Å². The fourth-order valence-corrected chi connectivity index (χ4v) is 6.54. The first-order chi connectivity index (χ1) is 12.2. The topological polar surface area (TPSA) is 0 Å². The van der Waals surface area contributed by atoms with E-state index in [9.17, 15) is 0 Å². The van der Waals surface area contributed by atoms with Crippen LogP contribution in [0.3, 0.4) is 0 Å². The van der Waals surface area contributed by atoms with Crippen molar-refractivity contribution in [3.63, 3.8) is 0 Å². The number of hydrogen-bond acceptors (Lipinski definition) is 0. The summed E-state index contributed by atoms with van der Waals surface area (Å²) < 4.78 is 0. The Balaban J connectivity index is 2.11. The quantitative estimate of drug-likeness (QED) is 0.585. The zero-order valence-electron chi connectivity index (χ0n) is 17.2. The van der Waals surface area contributed by atoms with Crippen LogP contribution < -0.4 is 5.19 Å². The molecule has 134 valence electrons. The van der Waals surface area contributed by atoms with Gasteiger partial charge in [0.1, 0.15) is 0 Å². The van der Waals surface area contributed by atoms with Crippen molar-refractivity contribution in [2.24, 2.45) is 0 Å². The Morgan fingerprint density at radius 2 is 1.27 bits per heavy atom. The van der Waals surface area contributed by atoms with Crippen LogP contribution in [-0.2, 0) is 6.42 Å². The van der Waals surface area contributed by atoms with Crippen LogP contribution in [0.2, 0.25) is 5.04 Å². The van der Waals surface area contributed by atoms with Gasteiger partial charge in [-0.05, 0) is 71.6 Å². The second kappa shape index (κ2) is 7.04. The number of aryl methyl sites for hydroxylation is 3. The lowest BCUT2D eigenvalue weighted by atomic mass is 9.88. The Kier molecular flexibility index (Phi) is 5.12. The summed E-state index contributed by atoms with van der Waals surface area (Å²) in [5.74, 6) is 0. The van der Waals surface area contributed by atoms with Gasteiger partial charge in [0.2, 0.25) is 0 Å². The summed E-state index contributed by atoms with van der Waals surface area (Å²) >= 11 is 0. The highest BCUT2D eigenvalue weighted by atomic mass is 28.2. The Labute approximate surface area is 161 Å². The van der Waals surface area contributed by atoms with Gasteiger partial charge in [-0.2, -0.15) is 0 Å². The molecule has 0 N–H and O–H groups in total. The van der Waals surface area contributed by atoms with Gasteiger partial charge in [0.25, 0.3) is 0 Å². The fraction of sp³-hybridized carbons (Fsp3) is 0.360. The highest BCUT2D eigenvalue weighted by Crippen LogP contribution is 2.53. The van der Waals surface area contributed by atoms with Gasteiger partial charge in [0, 0.05) is 5.04 Å². The van der Waals surface area contributed by atoms with Crippen LogP contribution >= 0.6 is 0 Å². The third-order valence-corrected chi connectivity index (χ3v) is 8.03. The number of hydrogen-bond donors (Lipinski definition) is 0. The van der Waals surface area contributed by atoms with E-state index in [4.69, 9.17) is 0 Å². The molecule has 0 atom stereocenters. The van der Waals surface area contributed by atoms with Gasteiger partial charge in [0.15, 0.2) is 0 Å². The minimum atomic E-state index is 0.127. The summed E-state index contributed by atoms with van der Waals surface area (Å²) in [6, 6.07) is 16.1. The van der Waals surface area contributed by atoms with Gasteiger partial charge in [-0.1, -0.05) is 75.5 Å². The first kappa shape index (κ1) is 18.9. The smallest absolute Gasteiger partial charge is 0.0624 e. The Morgan fingerprint density at radius 3 is 1.81 bits per heavy atom. The van der Waals surface area contributed by atoms with Gasteiger partial charge in [-0.3, -0.25) is 0 Å². The molecule has 1 aliphatic rings. The lowest BCUT2D eigenvalue weighted by Crippen LogP contribution is -2.33. The molecule has 0 unspecified atom stereocenters. The average Bonchev–Trinajstić information content (AvgIpc) is 2.70. The molecule has 0 aromatic heterocycles. The third-order valence-electron chi connectivity index (χ3n) is 6.10. The maximum absolute atomic E-state index is 2.38. The van der Waals surface area contributed by atoms with Crippen LogP contribution in [0.1, 0.15) is 49.9 Å². The maximum Gasteiger partial charge on any atom is 0.0988 e. The minimum Gasteiger partial charge on any atom is -0.0624 e. The van der Waals surface area contributed by atoms with Crippen molar-refractivity contribution in [3.8, 4) is 0 Å². The predicted octanol–water partition coefficient (Wildman–Crippen LogP) is 6.03. The van der Waals surface area contributed by atoms with Crippen molar-refractivity contribution in [2.45, 2.75) is 59.9 Å². The summed E-state index contributed by atoms with van der Waals surface area (Å²) in [5, 5.41) is 1.61. The zero-order valence-corrected chi connectivity index (χ0v) is 18.2. The molecule has 0 aliphatic heterocycles. The molecule has 0 bridgehead atoms. The molecule has 0 amide bonds. The van der Waals surface area contributed by atoms with Crippen molar-refractivity contribution in [1.29, 1.82) is 0 Å². The van der Waals surface area contributed by atoms with Gasteiger partial charge in [0.05, 0.1) is 9.52 Å². The summed E-state index contributed by atoms with van der Waals surface area (Å²) in [6.07, 6.45) is 1.09. The van der Waals surface area contributed by atoms with E-state index < -0.39 is 0 Å². The largest absolute Gasteiger partial charge is 0.0988 e. The second-order valence-corrected chi connectivity index (χ2v) is 9.75. The lowest BCUT2D eigenvalue weighted by molar-refractivity contribution is 0.736. The SMILES string of the molecule is CC1=C(C)C(Cc2cccc(C)c2)([Si]c2cc(C)cc(C)c2)C(C)=C1C. The molecule has 1 aliphatic carbocycles. The molecule has 0 heterocycles. The van der Waals surface area contributed by atoms with Gasteiger partial charge in [-0.25, -0.2) is 0 Å². The van der Waals surface area contributed by atoms with E-state index in [0.29, 0.717) is 0 Å². The van der Waals surface area contributed by atoms with Crippen molar-refractivity contribution in [1.82, 2.24) is 0 Å². The van der Waals surface area contributed by atoms with Crippen LogP contribution in [0.25, 0.3) is 0 Å². The molecule has 0 saturated heterocycles. The standard InChI is InChI=1S/C25H30Si/c1-16-9-8-10-23(12-16)15-25(21(6)19(4)20(5)22(25)7)26-24-13-17(2)11-18(3)14-24/h8-14H,15H2,1-7H3. The van der Waals surface area contributed by atoms with Gasteiger partial charge < -0.3 is 0 Å². The molecule has 3 rings (SSSR count). The van der Waals surface area contributed by atoms with Crippen LogP contribution in [0.4, 0.5) is 0 Å². The molecular formula is C25H30Si. The van der Waals surface area contributed by atoms with Crippen LogP contribution in [-0.4, -0.2) is 9.52 Å². The highest BCUT2D eigenvalue weighted by Gasteiger charge is 2.41. The maximum atomic E-state index is 2.38. The van der Waals surface area contributed by atoms with E-state index in [1.165, 1.54) is 38.6 Å². The molecule has 0 fully saturated rings. The number of benzene rings is 2. The van der Waals surface area contributed by atoms with E-state index in [0.717, 1.165) is 15.9 Å². The summed E-state index contributed by atoms with van der Waals surface area (Å²) in [4.78, 5) is 0. The van der Waals surface area contributed by atoms with E-state index in [1.807, 2.05) is 0 Å². The molecular weight excluding hydrogens is 328 g/mol. The molecule has 0 saturated carbocycles. The molecule has 2 aromatic rings. The Bertz CT molecular complexity index is 867. The number of rotatable bonds is 4. The normalized spacial score (nSPS) is 16.6. The molecule has 1 heteroatoms. The fourth-order valence-electron chi connectivity index (χ4n) is 4.40. The van der Waals surface area contributed by atoms with Crippen LogP contribution in [0.5, 0.6) is 0 Å². The lowest BCUT2D eigenvalue weighted by Gasteiger charge is -2.34. The van der Waals surface area contributed by atoms with Crippen molar-refractivity contribution in [3.05, 3.63) is 87.0 Å². The zero-order chi connectivity index (χ0) is 19.1. The van der Waals surface area contributed by atoms with E-state index in [2.05, 4.69) is 90.9 Å². The molecule has 0 nitrogen and oxygen atoms in total.